The van der Waals surface area contributed by atoms with E-state index in [9.17, 15) is 14.7 Å². The maximum Gasteiger partial charge on any atom is 0.224 e. The number of anilines is 3. The molecule has 4 aromatic rings. The Morgan fingerprint density at radius 3 is 2.12 bits per heavy atom. The molecule has 5 N–H and O–H groups in total. The fourth-order valence-corrected chi connectivity index (χ4v) is 5.84. The average molecular weight is 651 g/mol. The van der Waals surface area contributed by atoms with Crippen LogP contribution >= 0.6 is 0 Å². The van der Waals surface area contributed by atoms with Crippen molar-refractivity contribution >= 4 is 28.9 Å². The van der Waals surface area contributed by atoms with Crippen molar-refractivity contribution in [3.8, 4) is 0 Å². The normalized spacial score (nSPS) is 18.3. The summed E-state index contributed by atoms with van der Waals surface area (Å²) >= 11 is 0. The van der Waals surface area contributed by atoms with Crippen LogP contribution < -0.4 is 16.4 Å². The van der Waals surface area contributed by atoms with Gasteiger partial charge in [-0.1, -0.05) is 78.9 Å². The molecule has 1 fully saturated rings. The molecule has 9 nitrogen and oxygen atoms in total. The van der Waals surface area contributed by atoms with E-state index in [4.69, 9.17) is 15.2 Å². The lowest BCUT2D eigenvalue weighted by atomic mass is 9.99. The number of hydrogen-bond donors (Lipinski definition) is 4. The first kappa shape index (κ1) is 34.8. The zero-order valence-corrected chi connectivity index (χ0v) is 27.7. The second kappa shape index (κ2) is 17.0. The molecule has 1 aliphatic heterocycles. The molecule has 9 heteroatoms. The molecule has 0 radical (unpaired) electrons. The Labute approximate surface area is 283 Å². The Morgan fingerprint density at radius 1 is 0.833 bits per heavy atom. The molecule has 0 saturated carbocycles. The molecule has 1 heterocycles. The van der Waals surface area contributed by atoms with Gasteiger partial charge in [-0.15, -0.1) is 0 Å². The highest BCUT2D eigenvalue weighted by atomic mass is 16.7. The molecule has 0 unspecified atom stereocenters. The molecule has 5 rings (SSSR count). The van der Waals surface area contributed by atoms with Gasteiger partial charge >= 0.3 is 0 Å². The largest absolute Gasteiger partial charge is 0.397 e. The van der Waals surface area contributed by atoms with Crippen LogP contribution in [0.15, 0.2) is 103 Å². The molecule has 0 aromatic heterocycles. The predicted octanol–water partition coefficient (Wildman–Crippen LogP) is 7.14. The van der Waals surface area contributed by atoms with Gasteiger partial charge in [0.25, 0.3) is 0 Å². The molecule has 1 saturated heterocycles. The van der Waals surface area contributed by atoms with Crippen LogP contribution in [0.25, 0.3) is 0 Å². The monoisotopic (exact) mass is 650 g/mol. The van der Waals surface area contributed by atoms with E-state index in [2.05, 4.69) is 53.8 Å². The first-order chi connectivity index (χ1) is 23.3. The number of ether oxygens (including phenoxy) is 2. The van der Waals surface area contributed by atoms with Crippen molar-refractivity contribution in [3.05, 3.63) is 125 Å². The quantitative estimate of drug-likeness (QED) is 0.0845. The summed E-state index contributed by atoms with van der Waals surface area (Å²) in [6.45, 7) is 2.91. The van der Waals surface area contributed by atoms with Crippen LogP contribution in [-0.4, -0.2) is 41.5 Å². The number of benzene rings is 4. The Kier molecular flexibility index (Phi) is 12.3. The van der Waals surface area contributed by atoms with Crippen molar-refractivity contribution < 1.29 is 24.2 Å². The SMILES string of the molecule is C[C@@H](c1ccccc1)N(C)C[C@@H]1C[C@H](c2ccc(CO)cc2)O[C@H](c2ccc(NC(=O)CCCCC(=O)Nc3ccccc3N)cc2)O1. The summed E-state index contributed by atoms with van der Waals surface area (Å²) in [5.41, 5.74) is 11.7. The summed E-state index contributed by atoms with van der Waals surface area (Å²) in [5.74, 6) is -0.234. The smallest absolute Gasteiger partial charge is 0.224 e. The zero-order chi connectivity index (χ0) is 33.9. The number of aliphatic hydroxyl groups is 1. The summed E-state index contributed by atoms with van der Waals surface area (Å²) in [4.78, 5) is 27.2. The molecule has 252 valence electrons. The van der Waals surface area contributed by atoms with Crippen molar-refractivity contribution in [1.29, 1.82) is 0 Å². The van der Waals surface area contributed by atoms with Crippen molar-refractivity contribution in [2.45, 2.75) is 70.2 Å². The summed E-state index contributed by atoms with van der Waals surface area (Å²) in [6.07, 6.45) is 1.63. The van der Waals surface area contributed by atoms with Gasteiger partial charge in [-0.2, -0.15) is 0 Å². The number of nitrogen functional groups attached to an aromatic ring is 1. The number of para-hydroxylation sites is 2. The standard InChI is InChI=1S/C39H46N4O5/c1-27(29-10-4-3-5-11-29)43(2)25-33-24-36(30-18-16-28(26-44)17-19-30)48-39(47-33)31-20-22-32(23-21-31)41-37(45)14-8-9-15-38(46)42-35-13-7-6-12-34(35)40/h3-7,10-13,16-23,27,33,36,39,44H,8-9,14-15,24-26,40H2,1-2H3,(H,41,45)(H,42,46)/t27-,33-,36+,39+/m0/s1. The fraction of sp³-hybridized carbons (Fsp3) is 0.333. The second-order valence-electron chi connectivity index (χ2n) is 12.4. The Bertz CT molecular complexity index is 1610. The molecule has 2 amide bonds. The highest BCUT2D eigenvalue weighted by Gasteiger charge is 2.33. The minimum Gasteiger partial charge on any atom is -0.397 e. The molecule has 4 aromatic carbocycles. The van der Waals surface area contributed by atoms with Gasteiger partial charge in [0.05, 0.1) is 30.2 Å². The van der Waals surface area contributed by atoms with Crippen LogP contribution in [0.3, 0.4) is 0 Å². The summed E-state index contributed by atoms with van der Waals surface area (Å²) < 4.78 is 13.1. The lowest BCUT2D eigenvalue weighted by Gasteiger charge is -2.39. The van der Waals surface area contributed by atoms with E-state index >= 15 is 0 Å². The number of hydrogen-bond acceptors (Lipinski definition) is 7. The third-order valence-corrected chi connectivity index (χ3v) is 8.81. The molecular formula is C39H46N4O5. The predicted molar refractivity (Wildman–Crippen MR) is 189 cm³/mol. The van der Waals surface area contributed by atoms with Crippen LogP contribution in [-0.2, 0) is 25.7 Å². The number of unbranched alkanes of at least 4 members (excludes halogenated alkanes) is 1. The van der Waals surface area contributed by atoms with Crippen molar-refractivity contribution in [2.24, 2.45) is 0 Å². The number of rotatable bonds is 14. The zero-order valence-electron chi connectivity index (χ0n) is 27.7. The van der Waals surface area contributed by atoms with Crippen LogP contribution in [0.5, 0.6) is 0 Å². The maximum absolute atomic E-state index is 12.6. The van der Waals surface area contributed by atoms with E-state index in [0.717, 1.165) is 23.2 Å². The Balaban J connectivity index is 1.16. The van der Waals surface area contributed by atoms with Gasteiger partial charge in [0, 0.05) is 43.1 Å². The van der Waals surface area contributed by atoms with Gasteiger partial charge in [0.2, 0.25) is 11.8 Å². The van der Waals surface area contributed by atoms with Gasteiger partial charge in [-0.3, -0.25) is 14.5 Å². The number of likely N-dealkylation sites (N-methyl/N-ethyl adjacent to an activating group) is 1. The number of carbonyl (C=O) groups is 2. The first-order valence-electron chi connectivity index (χ1n) is 16.6. The highest BCUT2D eigenvalue weighted by molar-refractivity contribution is 5.94. The van der Waals surface area contributed by atoms with Gasteiger partial charge in [-0.05, 0) is 67.8 Å². The maximum atomic E-state index is 12.6. The average Bonchev–Trinajstić information content (AvgIpc) is 3.11. The second-order valence-corrected chi connectivity index (χ2v) is 12.4. The molecule has 0 bridgehead atoms. The van der Waals surface area contributed by atoms with Crippen LogP contribution in [0.1, 0.15) is 79.7 Å². The minimum absolute atomic E-state index is 0.00688. The Hall–Kier alpha value is -4.54. The van der Waals surface area contributed by atoms with Gasteiger partial charge in [0.1, 0.15) is 0 Å². The van der Waals surface area contributed by atoms with E-state index in [1.807, 2.05) is 66.7 Å². The van der Waals surface area contributed by atoms with E-state index in [1.165, 1.54) is 5.56 Å². The van der Waals surface area contributed by atoms with E-state index in [1.54, 1.807) is 12.1 Å². The van der Waals surface area contributed by atoms with Gasteiger partial charge < -0.3 is 30.9 Å². The molecule has 4 atom stereocenters. The molecule has 1 aliphatic rings. The Morgan fingerprint density at radius 2 is 1.46 bits per heavy atom. The third kappa shape index (κ3) is 9.74. The van der Waals surface area contributed by atoms with E-state index in [0.29, 0.717) is 49.2 Å². The van der Waals surface area contributed by atoms with Crippen LogP contribution in [0.2, 0.25) is 0 Å². The lowest BCUT2D eigenvalue weighted by Crippen LogP contribution is -2.38. The van der Waals surface area contributed by atoms with E-state index < -0.39 is 6.29 Å². The molecule has 0 aliphatic carbocycles. The topological polar surface area (TPSA) is 126 Å². The number of carbonyl (C=O) groups excluding carboxylic acids is 2. The van der Waals surface area contributed by atoms with Gasteiger partial charge in [0.15, 0.2) is 6.29 Å². The van der Waals surface area contributed by atoms with Crippen molar-refractivity contribution in [3.63, 3.8) is 0 Å². The number of amides is 2. The summed E-state index contributed by atoms with van der Waals surface area (Å²) in [5, 5.41) is 15.3. The molecule has 0 spiro atoms. The number of nitrogens with one attached hydrogen (secondary N) is 2. The van der Waals surface area contributed by atoms with E-state index in [-0.39, 0.29) is 36.7 Å². The first-order valence-corrected chi connectivity index (χ1v) is 16.6. The van der Waals surface area contributed by atoms with Crippen molar-refractivity contribution in [2.75, 3.05) is 30.0 Å². The van der Waals surface area contributed by atoms with Gasteiger partial charge in [-0.25, -0.2) is 0 Å². The minimum atomic E-state index is -0.589. The lowest BCUT2D eigenvalue weighted by molar-refractivity contribution is -0.253. The van der Waals surface area contributed by atoms with Crippen LogP contribution in [0, 0.1) is 0 Å². The van der Waals surface area contributed by atoms with Crippen molar-refractivity contribution in [1.82, 2.24) is 4.90 Å². The third-order valence-electron chi connectivity index (χ3n) is 8.81. The highest BCUT2D eigenvalue weighted by Crippen LogP contribution is 2.39. The number of nitrogens with two attached hydrogens (primary N) is 1. The summed E-state index contributed by atoms with van der Waals surface area (Å²) in [6, 6.07) is 33.2. The summed E-state index contributed by atoms with van der Waals surface area (Å²) in [7, 11) is 2.11. The van der Waals surface area contributed by atoms with Crippen LogP contribution in [0.4, 0.5) is 17.1 Å². The molecule has 48 heavy (non-hydrogen) atoms. The fourth-order valence-electron chi connectivity index (χ4n) is 5.84. The number of aliphatic hydroxyl groups excluding tert-OH is 1. The number of nitrogens with zero attached hydrogens (tertiary/aromatic N) is 1. The molecular weight excluding hydrogens is 604 g/mol.